The molecule has 0 aliphatic carbocycles. The number of carbonyl (C=O) groups is 1. The largest absolute Gasteiger partial charge is 0.481 e. The van der Waals surface area contributed by atoms with Crippen LogP contribution in [-0.4, -0.2) is 15.8 Å². The molecule has 0 aliphatic rings. The van der Waals surface area contributed by atoms with E-state index >= 15 is 0 Å². The van der Waals surface area contributed by atoms with Crippen LogP contribution in [0.3, 0.4) is 0 Å². The summed E-state index contributed by atoms with van der Waals surface area (Å²) in [5.74, 6) is -0.803. The van der Waals surface area contributed by atoms with Gasteiger partial charge in [-0.15, -0.1) is 11.8 Å². The summed E-state index contributed by atoms with van der Waals surface area (Å²) in [7, 11) is 0. The molecule has 0 radical (unpaired) electrons. The number of carboxylic acids is 1. The zero-order valence-corrected chi connectivity index (χ0v) is 9.05. The summed E-state index contributed by atoms with van der Waals surface area (Å²) in [6.07, 6.45) is 0.0990. The van der Waals surface area contributed by atoms with Crippen molar-refractivity contribution in [3.63, 3.8) is 0 Å². The highest BCUT2D eigenvalue weighted by atomic mass is 32.2. The van der Waals surface area contributed by atoms with E-state index in [-0.39, 0.29) is 11.7 Å². The molecular weight excluding hydrogens is 216 g/mol. The topological polar surface area (TPSA) is 37.3 Å². The normalized spacial score (nSPS) is 12.0. The molecule has 1 rings (SSSR count). The van der Waals surface area contributed by atoms with E-state index in [1.54, 1.807) is 0 Å². The van der Waals surface area contributed by atoms with E-state index in [0.717, 1.165) is 5.56 Å². The molecule has 1 atom stereocenters. The third-order valence-electron chi connectivity index (χ3n) is 1.75. The van der Waals surface area contributed by atoms with Crippen LogP contribution in [-0.2, 0) is 4.79 Å². The predicted octanol–water partition coefficient (Wildman–Crippen LogP) is 2.89. The van der Waals surface area contributed by atoms with Crippen molar-refractivity contribution in [3.05, 3.63) is 35.9 Å². The molecule has 74 valence electrons. The number of carboxylic acid groups (broad SMARTS) is 1. The first-order valence-electron chi connectivity index (χ1n) is 4.10. The van der Waals surface area contributed by atoms with E-state index in [9.17, 15) is 4.79 Å². The highest BCUT2D eigenvalue weighted by Gasteiger charge is 2.14. The Morgan fingerprint density at radius 1 is 1.50 bits per heavy atom. The van der Waals surface area contributed by atoms with E-state index in [1.165, 1.54) is 16.5 Å². The van der Waals surface area contributed by atoms with Gasteiger partial charge in [0.1, 0.15) is 0 Å². The van der Waals surface area contributed by atoms with E-state index in [0.29, 0.717) is 0 Å². The lowest BCUT2D eigenvalue weighted by molar-refractivity contribution is -0.137. The summed E-state index contributed by atoms with van der Waals surface area (Å²) >= 11 is 6.09. The molecule has 0 spiro atoms. The molecule has 0 saturated heterocycles. The SMILES string of the molecule is O=C(O)CC(SC=S)c1ccccc1. The Morgan fingerprint density at radius 3 is 2.64 bits per heavy atom. The predicted molar refractivity (Wildman–Crippen MR) is 62.7 cm³/mol. The molecule has 1 aromatic rings. The summed E-state index contributed by atoms with van der Waals surface area (Å²) in [4.78, 5) is 10.6. The number of aliphatic carboxylic acids is 1. The number of thioether (sulfide) groups is 1. The molecule has 0 fully saturated rings. The second-order valence-electron chi connectivity index (χ2n) is 2.73. The van der Waals surface area contributed by atoms with Crippen LogP contribution >= 0.6 is 24.0 Å². The molecule has 4 heteroatoms. The standard InChI is InChI=1S/C10H10O2S2/c11-10(12)6-9(14-7-13)8-4-2-1-3-5-8/h1-5,7,9H,6H2,(H,11,12). The number of hydrogen-bond acceptors (Lipinski definition) is 3. The second-order valence-corrected chi connectivity index (χ2v) is 4.34. The average Bonchev–Trinajstić information content (AvgIpc) is 2.18. The molecule has 0 bridgehead atoms. The second kappa shape index (κ2) is 5.78. The number of benzene rings is 1. The van der Waals surface area contributed by atoms with Gasteiger partial charge in [-0.1, -0.05) is 42.5 Å². The summed E-state index contributed by atoms with van der Waals surface area (Å²) in [5.41, 5.74) is 1.00. The lowest BCUT2D eigenvalue weighted by atomic mass is 10.1. The minimum atomic E-state index is -0.803. The van der Waals surface area contributed by atoms with Gasteiger partial charge in [-0.05, 0) is 5.56 Å². The maximum absolute atomic E-state index is 10.6. The smallest absolute Gasteiger partial charge is 0.304 e. The third kappa shape index (κ3) is 3.47. The van der Waals surface area contributed by atoms with Crippen LogP contribution < -0.4 is 0 Å². The Morgan fingerprint density at radius 2 is 2.14 bits per heavy atom. The van der Waals surface area contributed by atoms with Crippen LogP contribution in [0.1, 0.15) is 17.2 Å². The zero-order valence-electron chi connectivity index (χ0n) is 7.42. The molecule has 0 aromatic heterocycles. The molecule has 1 N–H and O–H groups in total. The fourth-order valence-corrected chi connectivity index (χ4v) is 2.23. The first kappa shape index (κ1) is 11.2. The van der Waals surface area contributed by atoms with Gasteiger partial charge in [0.05, 0.1) is 6.42 Å². The monoisotopic (exact) mass is 226 g/mol. The van der Waals surface area contributed by atoms with E-state index in [4.69, 9.17) is 17.3 Å². The van der Waals surface area contributed by atoms with Crippen LogP contribution in [0, 0.1) is 0 Å². The van der Waals surface area contributed by atoms with Gasteiger partial charge in [0.2, 0.25) is 0 Å². The van der Waals surface area contributed by atoms with Crippen molar-refractivity contribution >= 4 is 34.6 Å². The number of hydrogen-bond donors (Lipinski definition) is 1. The van der Waals surface area contributed by atoms with Crippen LogP contribution in [0.2, 0.25) is 0 Å². The molecular formula is C10H10O2S2. The van der Waals surface area contributed by atoms with Crippen molar-refractivity contribution in [1.29, 1.82) is 0 Å². The maximum atomic E-state index is 10.6. The highest BCUT2D eigenvalue weighted by Crippen LogP contribution is 2.30. The Bertz CT molecular complexity index is 311. The third-order valence-corrected chi connectivity index (χ3v) is 2.96. The van der Waals surface area contributed by atoms with Gasteiger partial charge in [-0.3, -0.25) is 4.79 Å². The Hall–Kier alpha value is -0.870. The van der Waals surface area contributed by atoms with E-state index < -0.39 is 5.97 Å². The molecule has 0 aliphatic heterocycles. The summed E-state index contributed by atoms with van der Waals surface area (Å²) in [6, 6.07) is 9.53. The van der Waals surface area contributed by atoms with Crippen molar-refractivity contribution < 1.29 is 9.90 Å². The fourth-order valence-electron chi connectivity index (χ4n) is 1.14. The molecule has 14 heavy (non-hydrogen) atoms. The van der Waals surface area contributed by atoms with Gasteiger partial charge in [0.25, 0.3) is 0 Å². The molecule has 0 saturated carbocycles. The quantitative estimate of drug-likeness (QED) is 0.783. The molecule has 0 amide bonds. The Labute approximate surface area is 92.3 Å². The Balaban J connectivity index is 2.77. The van der Waals surface area contributed by atoms with E-state index in [1.807, 2.05) is 30.3 Å². The van der Waals surface area contributed by atoms with E-state index in [2.05, 4.69) is 0 Å². The number of thiocarbonyl (C=S) groups is 1. The van der Waals surface area contributed by atoms with Gasteiger partial charge < -0.3 is 5.11 Å². The van der Waals surface area contributed by atoms with Crippen LogP contribution in [0.4, 0.5) is 0 Å². The average molecular weight is 226 g/mol. The van der Waals surface area contributed by atoms with Crippen molar-refractivity contribution in [2.75, 3.05) is 0 Å². The highest BCUT2D eigenvalue weighted by molar-refractivity contribution is 8.20. The van der Waals surface area contributed by atoms with Gasteiger partial charge in [0, 0.05) is 9.95 Å². The van der Waals surface area contributed by atoms with Crippen LogP contribution in [0.25, 0.3) is 0 Å². The zero-order chi connectivity index (χ0) is 10.4. The van der Waals surface area contributed by atoms with Gasteiger partial charge in [-0.25, -0.2) is 0 Å². The first-order valence-corrected chi connectivity index (χ1v) is 5.51. The summed E-state index contributed by atoms with van der Waals surface area (Å²) in [6.45, 7) is 0. The van der Waals surface area contributed by atoms with Gasteiger partial charge in [0.15, 0.2) is 0 Å². The first-order chi connectivity index (χ1) is 6.74. The van der Waals surface area contributed by atoms with Crippen molar-refractivity contribution in [2.24, 2.45) is 0 Å². The van der Waals surface area contributed by atoms with Gasteiger partial charge in [-0.2, -0.15) is 0 Å². The lowest BCUT2D eigenvalue weighted by Gasteiger charge is -2.11. The van der Waals surface area contributed by atoms with Crippen LogP contribution in [0.15, 0.2) is 30.3 Å². The fraction of sp³-hybridized carbons (Fsp3) is 0.200. The number of rotatable bonds is 5. The maximum Gasteiger partial charge on any atom is 0.304 e. The van der Waals surface area contributed by atoms with Crippen LogP contribution in [0.5, 0.6) is 0 Å². The lowest BCUT2D eigenvalue weighted by Crippen LogP contribution is -2.02. The molecule has 2 nitrogen and oxygen atoms in total. The molecule has 1 aromatic carbocycles. The van der Waals surface area contributed by atoms with Gasteiger partial charge >= 0.3 is 5.97 Å². The summed E-state index contributed by atoms with van der Waals surface area (Å²) < 4.78 is 1.51. The van der Waals surface area contributed by atoms with Crippen molar-refractivity contribution in [2.45, 2.75) is 11.7 Å². The Kier molecular flexibility index (Phi) is 4.62. The molecule has 0 heterocycles. The van der Waals surface area contributed by atoms with Crippen molar-refractivity contribution in [3.8, 4) is 0 Å². The minimum Gasteiger partial charge on any atom is -0.481 e. The van der Waals surface area contributed by atoms with Crippen molar-refractivity contribution in [1.82, 2.24) is 0 Å². The summed E-state index contributed by atoms with van der Waals surface area (Å²) in [5, 5.41) is 8.63. The minimum absolute atomic E-state index is 0.0776. The molecule has 1 unspecified atom stereocenters.